The molecule has 2 saturated heterocycles. The van der Waals surface area contributed by atoms with Crippen molar-refractivity contribution in [2.24, 2.45) is 11.8 Å². The number of rotatable bonds is 4. The average Bonchev–Trinajstić information content (AvgIpc) is 2.87. The molecule has 0 aromatic carbocycles. The first-order valence-corrected chi connectivity index (χ1v) is 6.79. The second kappa shape index (κ2) is 6.50. The predicted molar refractivity (Wildman–Crippen MR) is 68.3 cm³/mol. The molecule has 2 unspecified atom stereocenters. The molecule has 2 atom stereocenters. The van der Waals surface area contributed by atoms with Gasteiger partial charge in [0.15, 0.2) is 0 Å². The van der Waals surface area contributed by atoms with Gasteiger partial charge in [-0.15, -0.1) is 0 Å². The highest BCUT2D eigenvalue weighted by Gasteiger charge is 2.36. The molecule has 0 saturated carbocycles. The van der Waals surface area contributed by atoms with Crippen molar-refractivity contribution in [2.45, 2.75) is 18.9 Å². The highest BCUT2D eigenvalue weighted by atomic mass is 16.5. The highest BCUT2D eigenvalue weighted by molar-refractivity contribution is 5.80. The van der Waals surface area contributed by atoms with E-state index in [-0.39, 0.29) is 17.9 Å². The number of ether oxygens (including phenoxy) is 2. The fourth-order valence-corrected chi connectivity index (χ4v) is 2.87. The summed E-state index contributed by atoms with van der Waals surface area (Å²) in [5.74, 6) is 0.857. The Morgan fingerprint density at radius 3 is 2.72 bits per heavy atom. The molecule has 2 aliphatic rings. The number of nitrogens with one attached hydrogen (secondary N) is 1. The van der Waals surface area contributed by atoms with Crippen LogP contribution in [0.3, 0.4) is 0 Å². The van der Waals surface area contributed by atoms with Crippen LogP contribution in [-0.4, -0.2) is 63.9 Å². The molecule has 0 aromatic rings. The van der Waals surface area contributed by atoms with E-state index in [0.29, 0.717) is 19.1 Å². The van der Waals surface area contributed by atoms with Crippen molar-refractivity contribution < 1.29 is 14.3 Å². The summed E-state index contributed by atoms with van der Waals surface area (Å²) in [6, 6.07) is 0.175. The Kier molecular flexibility index (Phi) is 4.97. The molecule has 1 N–H and O–H groups in total. The van der Waals surface area contributed by atoms with Gasteiger partial charge in [-0.05, 0) is 25.8 Å². The van der Waals surface area contributed by atoms with Gasteiger partial charge in [-0.2, -0.15) is 0 Å². The van der Waals surface area contributed by atoms with E-state index >= 15 is 0 Å². The third kappa shape index (κ3) is 3.02. The Bertz CT molecular complexity index is 277. The molecule has 5 heteroatoms. The topological polar surface area (TPSA) is 50.8 Å². The number of hydrogen-bond donors (Lipinski definition) is 1. The van der Waals surface area contributed by atoms with Crippen LogP contribution in [-0.2, 0) is 14.3 Å². The van der Waals surface area contributed by atoms with Crippen LogP contribution < -0.4 is 5.32 Å². The van der Waals surface area contributed by atoms with Crippen LogP contribution >= 0.6 is 0 Å². The Morgan fingerprint density at radius 1 is 1.39 bits per heavy atom. The van der Waals surface area contributed by atoms with Gasteiger partial charge in [0, 0.05) is 32.8 Å². The molecule has 2 rings (SSSR count). The van der Waals surface area contributed by atoms with E-state index in [0.717, 1.165) is 32.5 Å². The minimum atomic E-state index is -0.00558. The van der Waals surface area contributed by atoms with E-state index < -0.39 is 0 Å². The first-order valence-electron chi connectivity index (χ1n) is 6.79. The van der Waals surface area contributed by atoms with Gasteiger partial charge in [-0.25, -0.2) is 0 Å². The number of hydrogen-bond acceptors (Lipinski definition) is 4. The van der Waals surface area contributed by atoms with Crippen LogP contribution in [0.1, 0.15) is 12.8 Å². The second-order valence-corrected chi connectivity index (χ2v) is 5.26. The summed E-state index contributed by atoms with van der Waals surface area (Å²) in [5, 5.41) is 3.17. The Morgan fingerprint density at radius 2 is 2.11 bits per heavy atom. The first-order chi connectivity index (χ1) is 8.76. The van der Waals surface area contributed by atoms with Crippen LogP contribution in [0.15, 0.2) is 0 Å². The lowest BCUT2D eigenvalue weighted by molar-refractivity contribution is -0.137. The van der Waals surface area contributed by atoms with Crippen LogP contribution in [0.25, 0.3) is 0 Å². The van der Waals surface area contributed by atoms with Gasteiger partial charge in [0.1, 0.15) is 0 Å². The molecule has 18 heavy (non-hydrogen) atoms. The Hall–Kier alpha value is -0.650. The first kappa shape index (κ1) is 13.8. The molecule has 0 aromatic heterocycles. The second-order valence-electron chi connectivity index (χ2n) is 5.26. The zero-order chi connectivity index (χ0) is 13.0. The maximum absolute atomic E-state index is 12.4. The molecule has 0 bridgehead atoms. The minimum absolute atomic E-state index is 0.00558. The summed E-state index contributed by atoms with van der Waals surface area (Å²) in [5.41, 5.74) is 0. The Labute approximate surface area is 109 Å². The normalized spacial score (nSPS) is 29.8. The van der Waals surface area contributed by atoms with Gasteiger partial charge in [0.2, 0.25) is 5.91 Å². The molecule has 1 amide bonds. The van der Waals surface area contributed by atoms with Crippen LogP contribution in [0.4, 0.5) is 0 Å². The summed E-state index contributed by atoms with van der Waals surface area (Å²) < 4.78 is 10.6. The number of carbonyl (C=O) groups excluding carboxylic acids is 1. The fraction of sp³-hybridized carbons (Fsp3) is 0.923. The van der Waals surface area contributed by atoms with Gasteiger partial charge >= 0.3 is 0 Å². The van der Waals surface area contributed by atoms with Gasteiger partial charge in [0.05, 0.1) is 19.1 Å². The molecular weight excluding hydrogens is 232 g/mol. The predicted octanol–water partition coefficient (Wildman–Crippen LogP) is 0.106. The van der Waals surface area contributed by atoms with E-state index in [9.17, 15) is 4.79 Å². The largest absolute Gasteiger partial charge is 0.384 e. The van der Waals surface area contributed by atoms with Crippen molar-refractivity contribution in [3.05, 3.63) is 0 Å². The summed E-state index contributed by atoms with van der Waals surface area (Å²) in [6.45, 7) is 3.74. The highest BCUT2D eigenvalue weighted by Crippen LogP contribution is 2.22. The fourth-order valence-electron chi connectivity index (χ4n) is 2.87. The molecule has 0 radical (unpaired) electrons. The lowest BCUT2D eigenvalue weighted by atomic mass is 9.95. The van der Waals surface area contributed by atoms with E-state index in [1.54, 1.807) is 7.11 Å². The summed E-state index contributed by atoms with van der Waals surface area (Å²) in [4.78, 5) is 14.4. The zero-order valence-corrected chi connectivity index (χ0v) is 11.4. The van der Waals surface area contributed by atoms with Crippen molar-refractivity contribution in [1.82, 2.24) is 10.2 Å². The summed E-state index contributed by atoms with van der Waals surface area (Å²) in [7, 11) is 3.63. The number of piperidine rings is 1. The third-order valence-electron chi connectivity index (χ3n) is 4.10. The molecule has 2 aliphatic heterocycles. The number of likely N-dealkylation sites (N-methyl/N-ethyl adjacent to an activating group) is 1. The smallest absolute Gasteiger partial charge is 0.229 e. The lowest BCUT2D eigenvalue weighted by Crippen LogP contribution is -2.47. The van der Waals surface area contributed by atoms with Crippen molar-refractivity contribution in [1.29, 1.82) is 0 Å². The standard InChI is InChI=1S/C13H24N2O3/c1-14-12-9-18-8-11(12)13(16)15-5-3-10(4-6-15)7-17-2/h10-12,14H,3-9H2,1-2H3. The van der Waals surface area contributed by atoms with Crippen molar-refractivity contribution in [3.63, 3.8) is 0 Å². The number of amides is 1. The number of methoxy groups -OCH3 is 1. The maximum atomic E-state index is 12.4. The summed E-state index contributed by atoms with van der Waals surface area (Å²) in [6.07, 6.45) is 2.11. The monoisotopic (exact) mass is 256 g/mol. The van der Waals surface area contributed by atoms with Gasteiger partial charge in [-0.3, -0.25) is 4.79 Å². The van der Waals surface area contributed by atoms with Crippen molar-refractivity contribution in [3.8, 4) is 0 Å². The SMILES string of the molecule is CNC1COCC1C(=O)N1CCC(COC)CC1. The van der Waals surface area contributed by atoms with Gasteiger partial charge in [-0.1, -0.05) is 0 Å². The van der Waals surface area contributed by atoms with Crippen LogP contribution in [0, 0.1) is 11.8 Å². The number of likely N-dealkylation sites (tertiary alicyclic amines) is 1. The van der Waals surface area contributed by atoms with Crippen molar-refractivity contribution >= 4 is 5.91 Å². The summed E-state index contributed by atoms with van der Waals surface area (Å²) >= 11 is 0. The molecular formula is C13H24N2O3. The lowest BCUT2D eigenvalue weighted by Gasteiger charge is -2.34. The van der Waals surface area contributed by atoms with E-state index in [1.807, 2.05) is 11.9 Å². The number of carbonyl (C=O) groups is 1. The zero-order valence-electron chi connectivity index (χ0n) is 11.4. The van der Waals surface area contributed by atoms with Crippen LogP contribution in [0.2, 0.25) is 0 Å². The molecule has 0 spiro atoms. The van der Waals surface area contributed by atoms with E-state index in [4.69, 9.17) is 9.47 Å². The van der Waals surface area contributed by atoms with Crippen molar-refractivity contribution in [2.75, 3.05) is 47.1 Å². The minimum Gasteiger partial charge on any atom is -0.384 e. The molecule has 0 aliphatic carbocycles. The maximum Gasteiger partial charge on any atom is 0.229 e. The third-order valence-corrected chi connectivity index (χ3v) is 4.10. The van der Waals surface area contributed by atoms with Gasteiger partial charge in [0.25, 0.3) is 0 Å². The molecule has 2 fully saturated rings. The average molecular weight is 256 g/mol. The van der Waals surface area contributed by atoms with E-state index in [2.05, 4.69) is 5.32 Å². The van der Waals surface area contributed by atoms with Crippen LogP contribution in [0.5, 0.6) is 0 Å². The molecule has 104 valence electrons. The Balaban J connectivity index is 1.83. The van der Waals surface area contributed by atoms with Gasteiger partial charge < -0.3 is 19.7 Å². The van der Waals surface area contributed by atoms with E-state index in [1.165, 1.54) is 0 Å². The molecule has 2 heterocycles. The quantitative estimate of drug-likeness (QED) is 0.775. The molecule has 5 nitrogen and oxygen atoms in total. The number of nitrogens with zero attached hydrogens (tertiary/aromatic N) is 1.